The molecule has 0 N–H and O–H groups in total. The largest absolute Gasteiger partial charge is 0.473 e. The lowest BCUT2D eigenvalue weighted by Crippen LogP contribution is -2.35. The van der Waals surface area contributed by atoms with Crippen LogP contribution in [0.4, 0.5) is 10.1 Å². The van der Waals surface area contributed by atoms with Gasteiger partial charge in [-0.3, -0.25) is 9.69 Å². The summed E-state index contributed by atoms with van der Waals surface area (Å²) in [5.74, 6) is 1.67. The molecule has 3 fully saturated rings. The molecule has 4 aromatic rings. The van der Waals surface area contributed by atoms with E-state index in [2.05, 4.69) is 33.7 Å². The van der Waals surface area contributed by atoms with Gasteiger partial charge in [-0.05, 0) is 75.2 Å². The van der Waals surface area contributed by atoms with Crippen LogP contribution in [0.15, 0.2) is 54.6 Å². The molecule has 1 amide bonds. The van der Waals surface area contributed by atoms with Gasteiger partial charge in [0.15, 0.2) is 0 Å². The number of fused-ring (bicyclic) bond motifs is 1. The van der Waals surface area contributed by atoms with Crippen molar-refractivity contribution >= 4 is 34.2 Å². The lowest BCUT2D eigenvalue weighted by atomic mass is 9.93. The second-order valence-electron chi connectivity index (χ2n) is 11.7. The highest BCUT2D eigenvalue weighted by atomic mass is 35.5. The van der Waals surface area contributed by atoms with E-state index >= 15 is 0 Å². The lowest BCUT2D eigenvalue weighted by molar-refractivity contribution is -0.117. The molecule has 43 heavy (non-hydrogen) atoms. The zero-order chi connectivity index (χ0) is 29.3. The quantitative estimate of drug-likeness (QED) is 0.230. The SMILES string of the molecule is O=C1CCCN1c1ccc2c(c1)nc(CN1CCC(c3cccc(OCc4ccc(Cl)cc4F)n3)CC1)n2CC1CCO1. The Hall–Kier alpha value is -3.53. The van der Waals surface area contributed by atoms with Crippen molar-refractivity contribution in [3.8, 4) is 5.88 Å². The molecule has 0 bridgehead atoms. The van der Waals surface area contributed by atoms with Gasteiger partial charge in [0, 0.05) is 53.5 Å². The van der Waals surface area contributed by atoms with Crippen LogP contribution in [0.1, 0.15) is 55.1 Å². The lowest BCUT2D eigenvalue weighted by Gasteiger charge is -2.32. The maximum absolute atomic E-state index is 14.2. The van der Waals surface area contributed by atoms with E-state index in [1.807, 2.05) is 17.0 Å². The number of amides is 1. The van der Waals surface area contributed by atoms with E-state index in [1.54, 1.807) is 12.1 Å². The minimum atomic E-state index is -0.382. The molecule has 3 aliphatic heterocycles. The maximum atomic E-state index is 14.2. The van der Waals surface area contributed by atoms with Gasteiger partial charge in [-0.1, -0.05) is 23.7 Å². The standard InChI is InChI=1S/C33H35ClFN5O3/c34-24-7-6-23(27(35)17-24)21-43-32-4-1-3-28(37-32)22-10-14-38(15-11-22)20-31-36-29-18-25(39-13-2-5-33(39)41)8-9-30(29)40(31)19-26-12-16-42-26/h1,3-4,6-9,17-18,22,26H,2,5,10-16,19-21H2. The molecule has 0 spiro atoms. The fourth-order valence-electron chi connectivity index (χ4n) is 6.33. The van der Waals surface area contributed by atoms with Crippen LogP contribution >= 0.6 is 11.6 Å². The highest BCUT2D eigenvalue weighted by Crippen LogP contribution is 2.31. The Kier molecular flexibility index (Phi) is 8.03. The Balaban J connectivity index is 1.02. The molecule has 224 valence electrons. The summed E-state index contributed by atoms with van der Waals surface area (Å²) < 4.78 is 28.1. The van der Waals surface area contributed by atoms with Crippen LogP contribution in [0.2, 0.25) is 5.02 Å². The molecule has 3 aliphatic rings. The van der Waals surface area contributed by atoms with Crippen molar-refractivity contribution in [3.63, 3.8) is 0 Å². The molecular weight excluding hydrogens is 569 g/mol. The molecule has 8 nitrogen and oxygen atoms in total. The van der Waals surface area contributed by atoms with Crippen molar-refractivity contribution in [1.82, 2.24) is 19.4 Å². The van der Waals surface area contributed by atoms with Gasteiger partial charge in [-0.25, -0.2) is 14.4 Å². The number of ether oxygens (including phenoxy) is 2. The number of halogens is 2. The van der Waals surface area contributed by atoms with Gasteiger partial charge in [0.1, 0.15) is 18.2 Å². The molecule has 10 heteroatoms. The summed E-state index contributed by atoms with van der Waals surface area (Å²) >= 11 is 5.87. The first-order valence-electron chi connectivity index (χ1n) is 15.2. The van der Waals surface area contributed by atoms with Crippen molar-refractivity contribution in [1.29, 1.82) is 0 Å². The molecule has 7 rings (SSSR count). The van der Waals surface area contributed by atoms with E-state index < -0.39 is 0 Å². The molecule has 0 radical (unpaired) electrons. The number of carbonyl (C=O) groups excluding carboxylic acids is 1. The van der Waals surface area contributed by atoms with E-state index in [-0.39, 0.29) is 24.4 Å². The molecule has 3 saturated heterocycles. The molecule has 1 unspecified atom stereocenters. The number of aromatic nitrogens is 3. The predicted octanol–water partition coefficient (Wildman–Crippen LogP) is 6.10. The molecule has 0 aliphatic carbocycles. The van der Waals surface area contributed by atoms with E-state index in [1.165, 1.54) is 6.07 Å². The summed E-state index contributed by atoms with van der Waals surface area (Å²) in [6, 6.07) is 16.6. The molecule has 2 aromatic carbocycles. The van der Waals surface area contributed by atoms with Gasteiger partial charge in [-0.2, -0.15) is 0 Å². The molecule has 5 heterocycles. The summed E-state index contributed by atoms with van der Waals surface area (Å²) in [6.45, 7) is 5.11. The first-order chi connectivity index (χ1) is 21.0. The van der Waals surface area contributed by atoms with Crippen molar-refractivity contribution in [2.24, 2.45) is 0 Å². The van der Waals surface area contributed by atoms with Crippen LogP contribution < -0.4 is 9.64 Å². The van der Waals surface area contributed by atoms with Crippen LogP contribution in [-0.2, 0) is 29.2 Å². The van der Waals surface area contributed by atoms with E-state index in [0.717, 1.165) is 93.3 Å². The Morgan fingerprint density at radius 3 is 2.63 bits per heavy atom. The number of pyridine rings is 1. The highest BCUT2D eigenvalue weighted by molar-refractivity contribution is 6.30. The number of piperidine rings is 1. The number of nitrogens with zero attached hydrogens (tertiary/aromatic N) is 5. The minimum absolute atomic E-state index is 0.0978. The summed E-state index contributed by atoms with van der Waals surface area (Å²) in [5, 5.41) is 0.363. The topological polar surface area (TPSA) is 72.7 Å². The van der Waals surface area contributed by atoms with Crippen LogP contribution in [0, 0.1) is 5.82 Å². The number of hydrogen-bond acceptors (Lipinski definition) is 6. The van der Waals surface area contributed by atoms with Crippen molar-refractivity contribution in [3.05, 3.63) is 82.5 Å². The second kappa shape index (κ2) is 12.2. The van der Waals surface area contributed by atoms with Crippen LogP contribution in [0.5, 0.6) is 5.88 Å². The summed E-state index contributed by atoms with van der Waals surface area (Å²) in [5.41, 5.74) is 4.41. The van der Waals surface area contributed by atoms with Gasteiger partial charge in [-0.15, -0.1) is 0 Å². The third kappa shape index (κ3) is 6.12. The average molecular weight is 604 g/mol. The molecule has 1 atom stereocenters. The zero-order valence-corrected chi connectivity index (χ0v) is 24.8. The Morgan fingerprint density at radius 1 is 1.02 bits per heavy atom. The number of carbonyl (C=O) groups is 1. The van der Waals surface area contributed by atoms with E-state index in [0.29, 0.717) is 28.8 Å². The van der Waals surface area contributed by atoms with Crippen LogP contribution in [-0.4, -0.2) is 57.7 Å². The summed E-state index contributed by atoms with van der Waals surface area (Å²) in [7, 11) is 0. The fraction of sp³-hybridized carbons (Fsp3) is 0.424. The number of likely N-dealkylation sites (tertiary alicyclic amines) is 1. The first-order valence-corrected chi connectivity index (χ1v) is 15.5. The normalized spacial score (nSPS) is 19.7. The number of anilines is 1. The zero-order valence-electron chi connectivity index (χ0n) is 24.1. The summed E-state index contributed by atoms with van der Waals surface area (Å²) in [4.78, 5) is 26.5. The van der Waals surface area contributed by atoms with E-state index in [4.69, 9.17) is 31.0 Å². The minimum Gasteiger partial charge on any atom is -0.473 e. The van der Waals surface area contributed by atoms with Gasteiger partial charge in [0.05, 0.1) is 30.2 Å². The highest BCUT2D eigenvalue weighted by Gasteiger charge is 2.27. The maximum Gasteiger partial charge on any atom is 0.227 e. The van der Waals surface area contributed by atoms with Gasteiger partial charge < -0.3 is 18.9 Å². The van der Waals surface area contributed by atoms with Gasteiger partial charge >= 0.3 is 0 Å². The Labute approximate surface area is 255 Å². The monoisotopic (exact) mass is 603 g/mol. The first kappa shape index (κ1) is 28.3. The van der Waals surface area contributed by atoms with Crippen molar-refractivity contribution in [2.45, 2.75) is 63.8 Å². The third-order valence-corrected chi connectivity index (χ3v) is 9.12. The summed E-state index contributed by atoms with van der Waals surface area (Å²) in [6.07, 6.45) is 4.77. The third-order valence-electron chi connectivity index (χ3n) is 8.88. The number of hydrogen-bond donors (Lipinski definition) is 0. The Bertz CT molecular complexity index is 1630. The molecular formula is C33H35ClFN5O3. The molecule has 0 saturated carbocycles. The van der Waals surface area contributed by atoms with Crippen LogP contribution in [0.25, 0.3) is 11.0 Å². The number of benzene rings is 2. The van der Waals surface area contributed by atoms with Crippen molar-refractivity contribution < 1.29 is 18.7 Å². The second-order valence-corrected chi connectivity index (χ2v) is 12.2. The average Bonchev–Trinajstić information content (AvgIpc) is 3.57. The molecule has 2 aromatic heterocycles. The van der Waals surface area contributed by atoms with Gasteiger partial charge in [0.2, 0.25) is 11.8 Å². The predicted molar refractivity (Wildman–Crippen MR) is 163 cm³/mol. The fourth-order valence-corrected chi connectivity index (χ4v) is 6.49. The Morgan fingerprint density at radius 2 is 1.88 bits per heavy atom. The van der Waals surface area contributed by atoms with Gasteiger partial charge in [0.25, 0.3) is 0 Å². The van der Waals surface area contributed by atoms with Crippen LogP contribution in [0.3, 0.4) is 0 Å². The smallest absolute Gasteiger partial charge is 0.227 e. The van der Waals surface area contributed by atoms with Crippen molar-refractivity contribution in [2.75, 3.05) is 31.1 Å². The number of rotatable bonds is 9. The number of imidazole rings is 1. The van der Waals surface area contributed by atoms with E-state index in [9.17, 15) is 9.18 Å².